The highest BCUT2D eigenvalue weighted by molar-refractivity contribution is 6.30. The Labute approximate surface area is 139 Å². The van der Waals surface area contributed by atoms with E-state index in [1.54, 1.807) is 23.1 Å². The number of piperidine rings is 1. The summed E-state index contributed by atoms with van der Waals surface area (Å²) >= 11 is 5.95. The van der Waals surface area contributed by atoms with Crippen molar-refractivity contribution in [1.29, 1.82) is 0 Å². The minimum absolute atomic E-state index is 0. The Morgan fingerprint density at radius 3 is 2.95 bits per heavy atom. The molecule has 1 aliphatic rings. The molecule has 3 rings (SSSR count). The van der Waals surface area contributed by atoms with Crippen molar-refractivity contribution in [1.82, 2.24) is 10.1 Å². The van der Waals surface area contributed by atoms with Crippen molar-refractivity contribution in [3.63, 3.8) is 0 Å². The van der Waals surface area contributed by atoms with Crippen LogP contribution >= 0.6 is 24.0 Å². The Balaban J connectivity index is 0.00000176. The fraction of sp³-hybridized carbons (Fsp3) is 0.333. The minimum Gasteiger partial charge on any atom is -0.350 e. The number of amides is 1. The third-order valence-electron chi connectivity index (χ3n) is 3.59. The monoisotopic (exact) mass is 341 g/mol. The smallest absolute Gasteiger partial charge is 0.292 e. The number of hydrogen-bond donors (Lipinski definition) is 1. The van der Waals surface area contributed by atoms with E-state index in [1.807, 2.05) is 12.1 Å². The lowest BCUT2D eigenvalue weighted by atomic mass is 10.1. The normalized spacial score (nSPS) is 17.9. The molecular formula is C15H17Cl2N3O2. The zero-order valence-electron chi connectivity index (χ0n) is 11.9. The van der Waals surface area contributed by atoms with E-state index in [-0.39, 0.29) is 30.1 Å². The molecule has 1 aliphatic heterocycles. The molecular weight excluding hydrogens is 325 g/mol. The summed E-state index contributed by atoms with van der Waals surface area (Å²) < 4.78 is 5.18. The van der Waals surface area contributed by atoms with Gasteiger partial charge >= 0.3 is 0 Å². The molecule has 5 nitrogen and oxygen atoms in total. The number of hydrogen-bond acceptors (Lipinski definition) is 4. The van der Waals surface area contributed by atoms with Crippen molar-refractivity contribution >= 4 is 29.9 Å². The van der Waals surface area contributed by atoms with E-state index >= 15 is 0 Å². The second-order valence-corrected chi connectivity index (χ2v) is 5.68. The molecule has 0 saturated carbocycles. The maximum Gasteiger partial charge on any atom is 0.292 e. The van der Waals surface area contributed by atoms with E-state index in [9.17, 15) is 4.79 Å². The Morgan fingerprint density at radius 1 is 1.41 bits per heavy atom. The van der Waals surface area contributed by atoms with E-state index in [0.717, 1.165) is 18.4 Å². The predicted octanol–water partition coefficient (Wildman–Crippen LogP) is 2.98. The van der Waals surface area contributed by atoms with Crippen LogP contribution in [0.2, 0.25) is 5.02 Å². The molecule has 1 fully saturated rings. The summed E-state index contributed by atoms with van der Waals surface area (Å²) in [6.07, 6.45) is 1.87. The Bertz CT molecular complexity index is 660. The number of aromatic nitrogens is 1. The van der Waals surface area contributed by atoms with Gasteiger partial charge < -0.3 is 15.2 Å². The number of benzene rings is 1. The molecule has 1 atom stereocenters. The zero-order valence-corrected chi connectivity index (χ0v) is 13.4. The summed E-state index contributed by atoms with van der Waals surface area (Å²) in [5.41, 5.74) is 7.32. The molecule has 1 aromatic carbocycles. The van der Waals surface area contributed by atoms with Crippen molar-refractivity contribution in [2.24, 2.45) is 5.73 Å². The molecule has 2 heterocycles. The maximum atomic E-state index is 12.4. The molecule has 1 aromatic heterocycles. The van der Waals surface area contributed by atoms with Crippen LogP contribution in [0.15, 0.2) is 34.9 Å². The van der Waals surface area contributed by atoms with Gasteiger partial charge in [-0.25, -0.2) is 0 Å². The van der Waals surface area contributed by atoms with Crippen LogP contribution in [0, 0.1) is 0 Å². The van der Waals surface area contributed by atoms with E-state index in [4.69, 9.17) is 21.9 Å². The van der Waals surface area contributed by atoms with E-state index in [1.165, 1.54) is 0 Å². The molecule has 1 amide bonds. The summed E-state index contributed by atoms with van der Waals surface area (Å²) in [5.74, 6) is 0.0741. The molecule has 2 aromatic rings. The van der Waals surface area contributed by atoms with E-state index in [0.29, 0.717) is 23.8 Å². The highest BCUT2D eigenvalue weighted by atomic mass is 35.5. The lowest BCUT2D eigenvalue weighted by Gasteiger charge is -2.29. The molecule has 0 radical (unpaired) electrons. The summed E-state index contributed by atoms with van der Waals surface area (Å²) in [5, 5.41) is 4.57. The first-order valence-corrected chi connectivity index (χ1v) is 7.29. The Morgan fingerprint density at radius 2 is 2.23 bits per heavy atom. The molecule has 0 aliphatic carbocycles. The number of carbonyl (C=O) groups is 1. The summed E-state index contributed by atoms with van der Waals surface area (Å²) in [6, 6.07) is 8.95. The average molecular weight is 342 g/mol. The number of nitrogens with zero attached hydrogens (tertiary/aromatic N) is 2. The third kappa shape index (κ3) is 3.61. The topological polar surface area (TPSA) is 72.4 Å². The molecule has 22 heavy (non-hydrogen) atoms. The number of halogens is 2. The van der Waals surface area contributed by atoms with Gasteiger partial charge in [-0.2, -0.15) is 0 Å². The molecule has 0 bridgehead atoms. The number of nitrogens with two attached hydrogens (primary N) is 1. The van der Waals surface area contributed by atoms with Gasteiger partial charge in [0.05, 0.1) is 0 Å². The lowest BCUT2D eigenvalue weighted by Crippen LogP contribution is -2.45. The van der Waals surface area contributed by atoms with Crippen molar-refractivity contribution in [2.75, 3.05) is 13.1 Å². The first kappa shape index (κ1) is 16.8. The number of likely N-dealkylation sites (tertiary alicyclic amines) is 1. The maximum absolute atomic E-state index is 12.4. The van der Waals surface area contributed by atoms with Crippen LogP contribution in [0.4, 0.5) is 0 Å². The van der Waals surface area contributed by atoms with Gasteiger partial charge in [0, 0.05) is 35.8 Å². The molecule has 1 saturated heterocycles. The van der Waals surface area contributed by atoms with Crippen LogP contribution in [0.5, 0.6) is 0 Å². The highest BCUT2D eigenvalue weighted by Gasteiger charge is 2.25. The van der Waals surface area contributed by atoms with Crippen LogP contribution in [0.25, 0.3) is 11.3 Å². The van der Waals surface area contributed by atoms with Crippen LogP contribution in [-0.4, -0.2) is 35.1 Å². The average Bonchev–Trinajstić information content (AvgIpc) is 2.96. The van der Waals surface area contributed by atoms with Gasteiger partial charge in [0.25, 0.3) is 5.91 Å². The summed E-state index contributed by atoms with van der Waals surface area (Å²) in [7, 11) is 0. The van der Waals surface area contributed by atoms with Gasteiger partial charge in [-0.3, -0.25) is 4.79 Å². The fourth-order valence-corrected chi connectivity index (χ4v) is 2.70. The first-order valence-electron chi connectivity index (χ1n) is 6.91. The predicted molar refractivity (Wildman–Crippen MR) is 87.3 cm³/mol. The fourth-order valence-electron chi connectivity index (χ4n) is 2.51. The van der Waals surface area contributed by atoms with Gasteiger partial charge in [-0.1, -0.05) is 28.9 Å². The van der Waals surface area contributed by atoms with Gasteiger partial charge in [0.15, 0.2) is 0 Å². The van der Waals surface area contributed by atoms with Crippen molar-refractivity contribution in [2.45, 2.75) is 18.9 Å². The zero-order chi connectivity index (χ0) is 14.8. The largest absolute Gasteiger partial charge is 0.350 e. The first-order chi connectivity index (χ1) is 10.1. The van der Waals surface area contributed by atoms with Crippen LogP contribution in [0.1, 0.15) is 23.4 Å². The number of rotatable bonds is 2. The Hall–Kier alpha value is -1.56. The van der Waals surface area contributed by atoms with Gasteiger partial charge in [-0.15, -0.1) is 12.4 Å². The Kier molecular flexibility index (Phi) is 5.45. The van der Waals surface area contributed by atoms with Crippen LogP contribution in [-0.2, 0) is 0 Å². The van der Waals surface area contributed by atoms with Crippen molar-refractivity contribution in [3.05, 3.63) is 41.1 Å². The SMILES string of the molecule is Cl.NC1CCCN(C(=O)c2cc(-c3cccc(Cl)c3)no2)C1. The number of carbonyl (C=O) groups excluding carboxylic acids is 1. The second-order valence-electron chi connectivity index (χ2n) is 5.24. The van der Waals surface area contributed by atoms with Gasteiger partial charge in [-0.05, 0) is 25.0 Å². The molecule has 1 unspecified atom stereocenters. The van der Waals surface area contributed by atoms with E-state index < -0.39 is 0 Å². The van der Waals surface area contributed by atoms with Crippen LogP contribution in [0.3, 0.4) is 0 Å². The van der Waals surface area contributed by atoms with Gasteiger partial charge in [0.1, 0.15) is 5.69 Å². The summed E-state index contributed by atoms with van der Waals surface area (Å²) in [6.45, 7) is 1.27. The molecule has 118 valence electrons. The quantitative estimate of drug-likeness (QED) is 0.911. The van der Waals surface area contributed by atoms with Crippen molar-refractivity contribution < 1.29 is 9.32 Å². The molecule has 0 spiro atoms. The standard InChI is InChI=1S/C15H16ClN3O2.ClH/c16-11-4-1-3-10(7-11)13-8-14(21-18-13)15(20)19-6-2-5-12(17)9-19;/h1,3-4,7-8,12H,2,5-6,9,17H2;1H. The molecule has 7 heteroatoms. The lowest BCUT2D eigenvalue weighted by molar-refractivity contribution is 0.0667. The van der Waals surface area contributed by atoms with Crippen LogP contribution < -0.4 is 5.73 Å². The second kappa shape index (κ2) is 7.13. The minimum atomic E-state index is -0.161. The van der Waals surface area contributed by atoms with Crippen molar-refractivity contribution in [3.8, 4) is 11.3 Å². The van der Waals surface area contributed by atoms with Gasteiger partial charge in [0.2, 0.25) is 5.76 Å². The van der Waals surface area contributed by atoms with E-state index in [2.05, 4.69) is 5.16 Å². The highest BCUT2D eigenvalue weighted by Crippen LogP contribution is 2.23. The molecule has 2 N–H and O–H groups in total. The third-order valence-corrected chi connectivity index (χ3v) is 3.82. The summed E-state index contributed by atoms with van der Waals surface area (Å²) in [4.78, 5) is 14.1.